The van der Waals surface area contributed by atoms with Crippen molar-refractivity contribution < 1.29 is 48.1 Å². The van der Waals surface area contributed by atoms with E-state index in [0.29, 0.717) is 28.7 Å². The Bertz CT molecular complexity index is 1980. The van der Waals surface area contributed by atoms with Crippen LogP contribution in [0.15, 0.2) is 90.4 Å². The Morgan fingerprint density at radius 2 is 1.54 bits per heavy atom. The lowest BCUT2D eigenvalue weighted by atomic mass is 9.98. The molecule has 316 valence electrons. The maximum atomic E-state index is 14.4. The Labute approximate surface area is 345 Å². The number of allylic oxidation sites excluding steroid dienone is 1. The van der Waals surface area contributed by atoms with Gasteiger partial charge in [-0.3, -0.25) is 28.8 Å². The molecule has 4 amide bonds. The topological polar surface area (TPSA) is 189 Å². The summed E-state index contributed by atoms with van der Waals surface area (Å²) in [4.78, 5) is 98.9. The van der Waals surface area contributed by atoms with E-state index in [1.807, 2.05) is 19.9 Å². The number of hydrogen-bond donors (Lipinski definition) is 3. The first-order valence-electron chi connectivity index (χ1n) is 19.8. The van der Waals surface area contributed by atoms with E-state index in [-0.39, 0.29) is 48.8 Å². The summed E-state index contributed by atoms with van der Waals surface area (Å²) in [5, 5.41) is 16.4. The molecule has 4 rings (SSSR count). The molecule has 14 nitrogen and oxygen atoms in total. The number of amides is 4. The Kier molecular flexibility index (Phi) is 15.7. The number of nitrogens with one attached hydrogen (secondary N) is 2. The molecule has 0 saturated carbocycles. The van der Waals surface area contributed by atoms with Crippen LogP contribution in [0.3, 0.4) is 0 Å². The number of nitrogens with zero attached hydrogens (tertiary/aromatic N) is 2. The van der Waals surface area contributed by atoms with Crippen LogP contribution in [0.4, 0.5) is 0 Å². The van der Waals surface area contributed by atoms with E-state index in [9.17, 15) is 38.7 Å². The van der Waals surface area contributed by atoms with Crippen molar-refractivity contribution in [1.29, 1.82) is 0 Å². The van der Waals surface area contributed by atoms with E-state index in [1.54, 1.807) is 76.2 Å². The van der Waals surface area contributed by atoms with Crippen LogP contribution in [-0.4, -0.2) is 100 Å². The van der Waals surface area contributed by atoms with Gasteiger partial charge in [-0.05, 0) is 50.5 Å². The molecule has 0 bridgehead atoms. The first kappa shape index (κ1) is 45.8. The zero-order chi connectivity index (χ0) is 43.7. The smallest absolute Gasteiger partial charge is 0.334 e. The number of esters is 2. The summed E-state index contributed by atoms with van der Waals surface area (Å²) in [6.45, 7) is 18.0. The van der Waals surface area contributed by atoms with Gasteiger partial charge in [-0.2, -0.15) is 0 Å². The van der Waals surface area contributed by atoms with E-state index in [2.05, 4.69) is 23.8 Å². The van der Waals surface area contributed by atoms with Crippen molar-refractivity contribution in [3.8, 4) is 0 Å². The van der Waals surface area contributed by atoms with E-state index >= 15 is 0 Å². The van der Waals surface area contributed by atoms with Crippen molar-refractivity contribution >= 4 is 41.4 Å². The van der Waals surface area contributed by atoms with Crippen molar-refractivity contribution in [1.82, 2.24) is 20.4 Å². The average molecular weight is 813 g/mol. The number of rotatable bonds is 7. The molecule has 0 aliphatic carbocycles. The summed E-state index contributed by atoms with van der Waals surface area (Å²) >= 11 is 0. The number of carbonyl (C=O) groups is 7. The first-order chi connectivity index (χ1) is 27.8. The van der Waals surface area contributed by atoms with Crippen LogP contribution in [0.1, 0.15) is 88.7 Å². The largest absolute Gasteiger partial charge is 0.452 e. The predicted molar refractivity (Wildman–Crippen MR) is 219 cm³/mol. The van der Waals surface area contributed by atoms with Crippen molar-refractivity contribution in [3.63, 3.8) is 0 Å². The number of benzene rings is 2. The van der Waals surface area contributed by atoms with Gasteiger partial charge in [0.05, 0.1) is 12.0 Å². The van der Waals surface area contributed by atoms with Crippen LogP contribution >= 0.6 is 0 Å². The number of ketones is 1. The zero-order valence-corrected chi connectivity index (χ0v) is 34.9. The molecule has 0 radical (unpaired) electrons. The van der Waals surface area contributed by atoms with Gasteiger partial charge in [0.2, 0.25) is 11.8 Å². The fraction of sp³-hybridized carbons (Fsp3) is 0.444. The highest BCUT2D eigenvalue weighted by Crippen LogP contribution is 2.25. The fourth-order valence-electron chi connectivity index (χ4n) is 7.03. The third kappa shape index (κ3) is 11.6. The van der Waals surface area contributed by atoms with Gasteiger partial charge in [-0.1, -0.05) is 101 Å². The number of carbonyl (C=O) groups excluding carboxylic acids is 7. The van der Waals surface area contributed by atoms with Gasteiger partial charge in [0.25, 0.3) is 11.8 Å². The van der Waals surface area contributed by atoms with Crippen LogP contribution in [0, 0.1) is 11.8 Å². The molecular weight excluding hydrogens is 757 g/mol. The molecule has 59 heavy (non-hydrogen) atoms. The molecule has 2 aliphatic rings. The SMILES string of the molecule is C=C1OC(=O)[C@H](Cc2ccc(C(=O)c3ccccc3)cc2)N(C)C(=O)[C@@H]2CCCN2C(=O)[C@H](CC(C)C)NC(=O)[C@H](C(C)C)OC(=O)C[C@H](O)C(=C(C)C)NC(=O)C1=C. The molecule has 2 aromatic carbocycles. The molecule has 2 saturated heterocycles. The maximum Gasteiger partial charge on any atom is 0.334 e. The van der Waals surface area contributed by atoms with E-state index < -0.39 is 84.0 Å². The molecule has 0 unspecified atom stereocenters. The molecule has 0 aromatic heterocycles. The fourth-order valence-corrected chi connectivity index (χ4v) is 7.03. The Balaban J connectivity index is 1.75. The monoisotopic (exact) mass is 812 g/mol. The standard InChI is InChI=1S/C45H56N4O10/c1-25(2)22-33-43(55)49-21-13-16-34(49)44(56)48(9)35(23-30-17-19-32(20-18-30)39(52)31-14-11-10-12-15-31)45(57)58-29(8)28(7)41(53)47-38(26(3)4)36(50)24-37(51)59-40(27(5)6)42(54)46-33/h10-12,14-15,17-20,25,27,33-36,40,50H,7-8,13,16,21-24H2,1-6,9H3,(H,46,54)(H,47,53)/t33-,34-,35-,36-,40-/m0/s1. The average Bonchev–Trinajstić information content (AvgIpc) is 3.69. The van der Waals surface area contributed by atoms with Gasteiger partial charge in [-0.25, -0.2) is 4.79 Å². The van der Waals surface area contributed by atoms with Gasteiger partial charge in [-0.15, -0.1) is 0 Å². The highest BCUT2D eigenvalue weighted by Gasteiger charge is 2.42. The van der Waals surface area contributed by atoms with Crippen LogP contribution in [0.25, 0.3) is 0 Å². The molecule has 2 fully saturated rings. The summed E-state index contributed by atoms with van der Waals surface area (Å²) in [6, 6.07) is 11.9. The summed E-state index contributed by atoms with van der Waals surface area (Å²) in [5.74, 6) is -5.82. The summed E-state index contributed by atoms with van der Waals surface area (Å²) < 4.78 is 11.2. The zero-order valence-electron chi connectivity index (χ0n) is 34.9. The number of ether oxygens (including phenoxy) is 2. The highest BCUT2D eigenvalue weighted by atomic mass is 16.6. The summed E-state index contributed by atoms with van der Waals surface area (Å²) in [6.07, 6.45) is -2.68. The second kappa shape index (κ2) is 20.2. The summed E-state index contributed by atoms with van der Waals surface area (Å²) in [7, 11) is 1.42. The van der Waals surface area contributed by atoms with E-state index in [0.717, 1.165) is 0 Å². The number of likely N-dealkylation sites (N-methyl/N-ethyl adjacent to an activating group) is 1. The summed E-state index contributed by atoms with van der Waals surface area (Å²) in [5.41, 5.74) is 1.48. The molecule has 2 aromatic rings. The van der Waals surface area contributed by atoms with Crippen molar-refractivity contribution in [2.75, 3.05) is 13.6 Å². The number of fused-ring (bicyclic) bond motifs is 1. The molecule has 2 aliphatic heterocycles. The van der Waals surface area contributed by atoms with E-state index in [1.165, 1.54) is 16.8 Å². The number of aliphatic hydroxyl groups excluding tert-OH is 1. The minimum atomic E-state index is -1.58. The number of hydrogen-bond acceptors (Lipinski definition) is 10. The van der Waals surface area contributed by atoms with Crippen molar-refractivity contribution in [3.05, 3.63) is 107 Å². The Hall–Kier alpha value is -5.89. The van der Waals surface area contributed by atoms with Crippen LogP contribution in [-0.2, 0) is 44.7 Å². The lowest BCUT2D eigenvalue weighted by molar-refractivity contribution is -0.161. The predicted octanol–water partition coefficient (Wildman–Crippen LogP) is 4.16. The molecule has 5 atom stereocenters. The lowest BCUT2D eigenvalue weighted by Gasteiger charge is -2.34. The number of aliphatic hydroxyl groups is 1. The minimum Gasteiger partial charge on any atom is -0.452 e. The second-order valence-electron chi connectivity index (χ2n) is 16.0. The van der Waals surface area contributed by atoms with Gasteiger partial charge in [0.15, 0.2) is 11.9 Å². The third-order valence-electron chi connectivity index (χ3n) is 10.3. The highest BCUT2D eigenvalue weighted by molar-refractivity contribution is 6.09. The molecule has 2 heterocycles. The van der Waals surface area contributed by atoms with Gasteiger partial charge < -0.3 is 35.0 Å². The van der Waals surface area contributed by atoms with E-state index in [4.69, 9.17) is 9.47 Å². The molecular formula is C45H56N4O10. The Morgan fingerprint density at radius 3 is 2.14 bits per heavy atom. The van der Waals surface area contributed by atoms with Gasteiger partial charge in [0, 0.05) is 36.8 Å². The minimum absolute atomic E-state index is 0.0516. The van der Waals surface area contributed by atoms with Crippen LogP contribution < -0.4 is 10.6 Å². The maximum absolute atomic E-state index is 14.4. The van der Waals surface area contributed by atoms with Crippen molar-refractivity contribution in [2.24, 2.45) is 11.8 Å². The first-order valence-corrected chi connectivity index (χ1v) is 19.8. The second-order valence-corrected chi connectivity index (χ2v) is 16.0. The normalized spacial score (nSPS) is 23.4. The Morgan fingerprint density at radius 1 is 0.915 bits per heavy atom. The molecule has 3 N–H and O–H groups in total. The van der Waals surface area contributed by atoms with Crippen LogP contribution in [0.5, 0.6) is 0 Å². The third-order valence-corrected chi connectivity index (χ3v) is 10.3. The van der Waals surface area contributed by atoms with Crippen molar-refractivity contribution in [2.45, 2.75) is 104 Å². The quantitative estimate of drug-likeness (QED) is 0.208. The number of cyclic esters (lactones) is 2. The van der Waals surface area contributed by atoms with Gasteiger partial charge in [0.1, 0.15) is 30.0 Å². The molecule has 14 heteroatoms. The van der Waals surface area contributed by atoms with Gasteiger partial charge >= 0.3 is 11.9 Å². The molecule has 0 spiro atoms. The lowest BCUT2D eigenvalue weighted by Crippen LogP contribution is -2.57. The van der Waals surface area contributed by atoms with Crippen LogP contribution in [0.2, 0.25) is 0 Å².